The van der Waals surface area contributed by atoms with Crippen molar-refractivity contribution >= 4 is 22.9 Å². The van der Waals surface area contributed by atoms with Crippen molar-refractivity contribution in [1.29, 1.82) is 0 Å². The molecular weight excluding hydrogens is 320 g/mol. The summed E-state index contributed by atoms with van der Waals surface area (Å²) in [6, 6.07) is 8.53. The molecule has 0 aromatic heterocycles. The second-order valence-electron chi connectivity index (χ2n) is 6.67. The summed E-state index contributed by atoms with van der Waals surface area (Å²) in [5, 5.41) is 3.11. The zero-order chi connectivity index (χ0) is 17.5. The molecule has 132 valence electrons. The van der Waals surface area contributed by atoms with Gasteiger partial charge in [-0.15, -0.1) is 0 Å². The molecule has 1 aliphatic rings. The standard InChI is InChI=1S/C19H28N2O2S/c1-4-5-6-15-7-9-16(10-8-15)18(14(2)3)20-17(22)13-21-11-12-24-19(21)23/h7-10,14,18H,4-6,11-13H2,1-3H3,(H,20,22)/t18-/m1/s1. The van der Waals surface area contributed by atoms with Gasteiger partial charge in [0.15, 0.2) is 0 Å². The van der Waals surface area contributed by atoms with Crippen molar-refractivity contribution in [3.05, 3.63) is 35.4 Å². The maximum absolute atomic E-state index is 12.3. The molecule has 0 bridgehead atoms. The molecule has 1 heterocycles. The Morgan fingerprint density at radius 3 is 2.54 bits per heavy atom. The summed E-state index contributed by atoms with van der Waals surface area (Å²) in [4.78, 5) is 25.6. The molecule has 1 fully saturated rings. The lowest BCUT2D eigenvalue weighted by Gasteiger charge is -2.24. The van der Waals surface area contributed by atoms with Crippen molar-refractivity contribution in [3.8, 4) is 0 Å². The van der Waals surface area contributed by atoms with Crippen LogP contribution in [0.2, 0.25) is 0 Å². The maximum atomic E-state index is 12.3. The fourth-order valence-corrected chi connectivity index (χ4v) is 3.69. The van der Waals surface area contributed by atoms with E-state index in [2.05, 4.69) is 50.4 Å². The van der Waals surface area contributed by atoms with Crippen molar-refractivity contribution in [2.75, 3.05) is 18.8 Å². The lowest BCUT2D eigenvalue weighted by atomic mass is 9.94. The van der Waals surface area contributed by atoms with Crippen LogP contribution in [-0.4, -0.2) is 34.9 Å². The summed E-state index contributed by atoms with van der Waals surface area (Å²) in [7, 11) is 0. The Labute approximate surface area is 149 Å². The Kier molecular flexibility index (Phi) is 7.16. The molecule has 1 N–H and O–H groups in total. The van der Waals surface area contributed by atoms with E-state index in [0.29, 0.717) is 12.5 Å². The number of amides is 2. The molecule has 2 rings (SSSR count). The number of carbonyl (C=O) groups is 2. The minimum Gasteiger partial charge on any atom is -0.347 e. The highest BCUT2D eigenvalue weighted by Crippen LogP contribution is 2.23. The second-order valence-corrected chi connectivity index (χ2v) is 7.72. The van der Waals surface area contributed by atoms with Gasteiger partial charge < -0.3 is 10.2 Å². The van der Waals surface area contributed by atoms with Gasteiger partial charge in [0.05, 0.1) is 6.04 Å². The van der Waals surface area contributed by atoms with Crippen LogP contribution in [0, 0.1) is 5.92 Å². The van der Waals surface area contributed by atoms with E-state index in [-0.39, 0.29) is 23.7 Å². The highest BCUT2D eigenvalue weighted by molar-refractivity contribution is 8.13. The third-order valence-corrected chi connectivity index (χ3v) is 5.21. The lowest BCUT2D eigenvalue weighted by molar-refractivity contribution is -0.122. The van der Waals surface area contributed by atoms with Crippen LogP contribution in [0.1, 0.15) is 50.8 Å². The summed E-state index contributed by atoms with van der Waals surface area (Å²) in [5.74, 6) is 0.984. The van der Waals surface area contributed by atoms with E-state index in [1.165, 1.54) is 30.2 Å². The SMILES string of the molecule is CCCCc1ccc([C@H](NC(=O)CN2CCSC2=O)C(C)C)cc1. The van der Waals surface area contributed by atoms with Crippen molar-refractivity contribution < 1.29 is 9.59 Å². The molecule has 0 aliphatic carbocycles. The third-order valence-electron chi connectivity index (χ3n) is 4.32. The quantitative estimate of drug-likeness (QED) is 0.772. The van der Waals surface area contributed by atoms with Gasteiger partial charge in [-0.2, -0.15) is 0 Å². The average Bonchev–Trinajstić information content (AvgIpc) is 2.96. The predicted molar refractivity (Wildman–Crippen MR) is 100 cm³/mol. The number of rotatable bonds is 8. The monoisotopic (exact) mass is 348 g/mol. The fraction of sp³-hybridized carbons (Fsp3) is 0.579. The number of unbranched alkanes of at least 4 members (excludes halogenated alkanes) is 1. The minimum absolute atomic E-state index is 0.00604. The van der Waals surface area contributed by atoms with E-state index in [1.54, 1.807) is 4.90 Å². The van der Waals surface area contributed by atoms with Gasteiger partial charge in [0.25, 0.3) is 5.24 Å². The Balaban J connectivity index is 1.98. The first-order chi connectivity index (χ1) is 11.5. The van der Waals surface area contributed by atoms with Crippen LogP contribution in [0.3, 0.4) is 0 Å². The van der Waals surface area contributed by atoms with Crippen LogP contribution >= 0.6 is 11.8 Å². The smallest absolute Gasteiger partial charge is 0.282 e. The Morgan fingerprint density at radius 1 is 1.29 bits per heavy atom. The molecule has 0 saturated carbocycles. The number of nitrogens with one attached hydrogen (secondary N) is 1. The van der Waals surface area contributed by atoms with E-state index in [1.807, 2.05) is 0 Å². The average molecular weight is 349 g/mol. The van der Waals surface area contributed by atoms with Gasteiger partial charge in [-0.3, -0.25) is 9.59 Å². The van der Waals surface area contributed by atoms with Crippen LogP contribution in [0.15, 0.2) is 24.3 Å². The van der Waals surface area contributed by atoms with Gasteiger partial charge in [0.1, 0.15) is 6.54 Å². The van der Waals surface area contributed by atoms with E-state index >= 15 is 0 Å². The minimum atomic E-state index is -0.0837. The number of carbonyl (C=O) groups excluding carboxylic acids is 2. The molecule has 0 radical (unpaired) electrons. The van der Waals surface area contributed by atoms with Crippen molar-refractivity contribution in [1.82, 2.24) is 10.2 Å². The molecular formula is C19H28N2O2S. The first-order valence-corrected chi connectivity index (χ1v) is 9.79. The van der Waals surface area contributed by atoms with Gasteiger partial charge in [-0.05, 0) is 29.9 Å². The summed E-state index contributed by atoms with van der Waals surface area (Å²) >= 11 is 1.28. The van der Waals surface area contributed by atoms with Crippen LogP contribution in [-0.2, 0) is 11.2 Å². The molecule has 0 unspecified atom stereocenters. The highest BCUT2D eigenvalue weighted by Gasteiger charge is 2.25. The van der Waals surface area contributed by atoms with E-state index < -0.39 is 0 Å². The molecule has 1 aromatic rings. The number of hydrogen-bond donors (Lipinski definition) is 1. The fourth-order valence-electron chi connectivity index (χ4n) is 2.87. The summed E-state index contributed by atoms with van der Waals surface area (Å²) in [6.07, 6.45) is 3.50. The molecule has 24 heavy (non-hydrogen) atoms. The zero-order valence-corrected chi connectivity index (χ0v) is 15.7. The number of hydrogen-bond acceptors (Lipinski definition) is 3. The van der Waals surface area contributed by atoms with Crippen molar-refractivity contribution in [3.63, 3.8) is 0 Å². The van der Waals surface area contributed by atoms with Crippen LogP contribution in [0.5, 0.6) is 0 Å². The summed E-state index contributed by atoms with van der Waals surface area (Å²) in [5.41, 5.74) is 2.47. The predicted octanol–water partition coefficient (Wildman–Crippen LogP) is 4.01. The largest absolute Gasteiger partial charge is 0.347 e. The maximum Gasteiger partial charge on any atom is 0.282 e. The van der Waals surface area contributed by atoms with Gasteiger partial charge in [0, 0.05) is 12.3 Å². The highest BCUT2D eigenvalue weighted by atomic mass is 32.2. The number of nitrogens with zero attached hydrogens (tertiary/aromatic N) is 1. The molecule has 1 atom stereocenters. The van der Waals surface area contributed by atoms with Gasteiger partial charge >= 0.3 is 0 Å². The topological polar surface area (TPSA) is 49.4 Å². The van der Waals surface area contributed by atoms with E-state index in [4.69, 9.17) is 0 Å². The summed E-state index contributed by atoms with van der Waals surface area (Å²) in [6.45, 7) is 7.22. The first-order valence-electron chi connectivity index (χ1n) is 8.81. The van der Waals surface area contributed by atoms with Crippen LogP contribution in [0.25, 0.3) is 0 Å². The van der Waals surface area contributed by atoms with Gasteiger partial charge in [-0.25, -0.2) is 0 Å². The normalized spacial score (nSPS) is 15.8. The van der Waals surface area contributed by atoms with Crippen molar-refractivity contribution in [2.24, 2.45) is 5.92 Å². The molecule has 1 saturated heterocycles. The zero-order valence-electron chi connectivity index (χ0n) is 14.9. The molecule has 4 nitrogen and oxygen atoms in total. The Morgan fingerprint density at radius 2 is 2.00 bits per heavy atom. The second kappa shape index (κ2) is 9.11. The Hall–Kier alpha value is -1.49. The lowest BCUT2D eigenvalue weighted by Crippen LogP contribution is -2.40. The molecule has 5 heteroatoms. The molecule has 1 aromatic carbocycles. The number of thioether (sulfide) groups is 1. The third kappa shape index (κ3) is 5.26. The first kappa shape index (κ1) is 18.8. The van der Waals surface area contributed by atoms with Gasteiger partial charge in [0.2, 0.25) is 5.91 Å². The van der Waals surface area contributed by atoms with Crippen LogP contribution < -0.4 is 5.32 Å². The molecule has 0 spiro atoms. The molecule has 2 amide bonds. The molecule has 1 aliphatic heterocycles. The summed E-state index contributed by atoms with van der Waals surface area (Å²) < 4.78 is 0. The van der Waals surface area contributed by atoms with Crippen LogP contribution in [0.4, 0.5) is 4.79 Å². The number of benzene rings is 1. The van der Waals surface area contributed by atoms with Gasteiger partial charge in [-0.1, -0.05) is 63.2 Å². The van der Waals surface area contributed by atoms with E-state index in [0.717, 1.165) is 17.7 Å². The van der Waals surface area contributed by atoms with Crippen molar-refractivity contribution in [2.45, 2.75) is 46.1 Å². The van der Waals surface area contributed by atoms with E-state index in [9.17, 15) is 9.59 Å². The Bertz CT molecular complexity index is 557. The number of aryl methyl sites for hydroxylation is 1.